The molecule has 0 unspecified atom stereocenters. The Morgan fingerprint density at radius 1 is 1.10 bits per heavy atom. The third-order valence-corrected chi connectivity index (χ3v) is 2.04. The Morgan fingerprint density at radius 2 is 1.80 bits per heavy atom. The normalized spacial score (nSPS) is 11.0. The van der Waals surface area contributed by atoms with E-state index in [0.717, 1.165) is 0 Å². The van der Waals surface area contributed by atoms with Crippen LogP contribution < -0.4 is 0 Å². The van der Waals surface area contributed by atoms with Crippen molar-refractivity contribution >= 4 is 22.6 Å². The van der Waals surface area contributed by atoms with Crippen molar-refractivity contribution in [3.05, 3.63) is 12.2 Å². The lowest BCUT2D eigenvalue weighted by atomic mass is 10.2. The summed E-state index contributed by atoms with van der Waals surface area (Å²) in [6.45, 7) is 2.24. The second kappa shape index (κ2) is 9.47. The zero-order chi connectivity index (χ0) is 7.66. The highest BCUT2D eigenvalue weighted by Gasteiger charge is 1.80. The Kier molecular flexibility index (Phi) is 9.92. The molecule has 0 N–H and O–H groups in total. The number of allylic oxidation sites excluding steroid dienone is 2. The Hall–Kier alpha value is 0.470. The number of halogens is 1. The monoisotopic (exact) mass is 252 g/mol. The van der Waals surface area contributed by atoms with Crippen LogP contribution in [-0.2, 0) is 0 Å². The molecular weight excluding hydrogens is 235 g/mol. The molecule has 0 rings (SSSR count). The molecule has 0 saturated carbocycles. The predicted octanol–water partition coefficient (Wildman–Crippen LogP) is 3.95. The molecule has 0 aliphatic carbocycles. The highest BCUT2D eigenvalue weighted by Crippen LogP contribution is 2.00. The number of hydrogen-bond donors (Lipinski definition) is 0. The zero-order valence-electron chi connectivity index (χ0n) is 6.78. The Labute approximate surface area is 78.2 Å². The van der Waals surface area contributed by atoms with E-state index in [9.17, 15) is 0 Å². The van der Waals surface area contributed by atoms with Gasteiger partial charge in [-0.15, -0.1) is 0 Å². The molecule has 1 heteroatoms. The van der Waals surface area contributed by atoms with Crippen LogP contribution in [0.4, 0.5) is 0 Å². The molecule has 0 heterocycles. The lowest BCUT2D eigenvalue weighted by molar-refractivity contribution is 0.728. The van der Waals surface area contributed by atoms with Crippen LogP contribution in [0.1, 0.15) is 39.0 Å². The predicted molar refractivity (Wildman–Crippen MR) is 56.8 cm³/mol. The van der Waals surface area contributed by atoms with E-state index >= 15 is 0 Å². The fraction of sp³-hybridized carbons (Fsp3) is 0.778. The SMILES string of the molecule is CCCCCC=CCCI. The van der Waals surface area contributed by atoms with Crippen molar-refractivity contribution in [2.24, 2.45) is 0 Å². The molecule has 0 bridgehead atoms. The summed E-state index contributed by atoms with van der Waals surface area (Å²) < 4.78 is 1.25. The van der Waals surface area contributed by atoms with Crippen LogP contribution in [0.3, 0.4) is 0 Å². The summed E-state index contributed by atoms with van der Waals surface area (Å²) in [6.07, 6.45) is 11.2. The fourth-order valence-electron chi connectivity index (χ4n) is 0.811. The van der Waals surface area contributed by atoms with E-state index in [-0.39, 0.29) is 0 Å². The van der Waals surface area contributed by atoms with Crippen LogP contribution in [0.25, 0.3) is 0 Å². The van der Waals surface area contributed by atoms with Gasteiger partial charge in [0.15, 0.2) is 0 Å². The molecule has 0 fully saturated rings. The Bertz CT molecular complexity index is 76.8. The van der Waals surface area contributed by atoms with E-state index in [0.29, 0.717) is 0 Å². The van der Waals surface area contributed by atoms with Crippen molar-refractivity contribution in [1.29, 1.82) is 0 Å². The molecule has 60 valence electrons. The third kappa shape index (κ3) is 8.47. The maximum absolute atomic E-state index is 2.40. The summed E-state index contributed by atoms with van der Waals surface area (Å²) in [5.41, 5.74) is 0. The summed E-state index contributed by atoms with van der Waals surface area (Å²) in [5.74, 6) is 0. The average Bonchev–Trinajstić information content (AvgIpc) is 1.97. The van der Waals surface area contributed by atoms with Gasteiger partial charge in [0.2, 0.25) is 0 Å². The molecule has 0 radical (unpaired) electrons. The van der Waals surface area contributed by atoms with Gasteiger partial charge in [0, 0.05) is 4.43 Å². The van der Waals surface area contributed by atoms with Crippen molar-refractivity contribution in [2.75, 3.05) is 4.43 Å². The summed E-state index contributed by atoms with van der Waals surface area (Å²) >= 11 is 2.40. The van der Waals surface area contributed by atoms with Crippen molar-refractivity contribution in [3.8, 4) is 0 Å². The lowest BCUT2D eigenvalue weighted by Crippen LogP contribution is -1.71. The van der Waals surface area contributed by atoms with E-state index in [1.807, 2.05) is 0 Å². The number of alkyl halides is 1. The molecule has 0 aliphatic rings. The summed E-state index contributed by atoms with van der Waals surface area (Å²) in [4.78, 5) is 0. The smallest absolute Gasteiger partial charge is 0.00299 e. The average molecular weight is 252 g/mol. The molecule has 0 saturated heterocycles. The van der Waals surface area contributed by atoms with Crippen LogP contribution in [0.15, 0.2) is 12.2 Å². The zero-order valence-corrected chi connectivity index (χ0v) is 8.93. The molecule has 0 aromatic rings. The second-order valence-corrected chi connectivity index (χ2v) is 3.52. The third-order valence-electron chi connectivity index (χ3n) is 1.42. The molecule has 0 atom stereocenters. The molecule has 0 aromatic carbocycles. The molecule has 10 heavy (non-hydrogen) atoms. The van der Waals surface area contributed by atoms with Gasteiger partial charge in [0.1, 0.15) is 0 Å². The van der Waals surface area contributed by atoms with Gasteiger partial charge in [-0.3, -0.25) is 0 Å². The minimum Gasteiger partial charge on any atom is -0.0885 e. The fourth-order valence-corrected chi connectivity index (χ4v) is 1.17. The Morgan fingerprint density at radius 3 is 2.40 bits per heavy atom. The largest absolute Gasteiger partial charge is 0.0885 e. The molecule has 0 aliphatic heterocycles. The van der Waals surface area contributed by atoms with Crippen molar-refractivity contribution in [1.82, 2.24) is 0 Å². The maximum Gasteiger partial charge on any atom is 0.00299 e. The van der Waals surface area contributed by atoms with E-state index in [2.05, 4.69) is 41.7 Å². The Balaban J connectivity index is 2.88. The standard InChI is InChI=1S/C9H17I/c1-2-3-4-5-6-7-8-9-10/h6-7H,2-5,8-9H2,1H3. The first kappa shape index (κ1) is 10.5. The van der Waals surface area contributed by atoms with Gasteiger partial charge < -0.3 is 0 Å². The van der Waals surface area contributed by atoms with Gasteiger partial charge in [-0.25, -0.2) is 0 Å². The lowest BCUT2D eigenvalue weighted by Gasteiger charge is -1.90. The first-order chi connectivity index (χ1) is 4.91. The van der Waals surface area contributed by atoms with Gasteiger partial charge in [-0.1, -0.05) is 54.5 Å². The van der Waals surface area contributed by atoms with Crippen molar-refractivity contribution in [3.63, 3.8) is 0 Å². The van der Waals surface area contributed by atoms with Crippen LogP contribution in [-0.4, -0.2) is 4.43 Å². The van der Waals surface area contributed by atoms with E-state index in [1.165, 1.54) is 36.5 Å². The maximum atomic E-state index is 2.40. The molecule has 0 amide bonds. The van der Waals surface area contributed by atoms with Crippen LogP contribution in [0.5, 0.6) is 0 Å². The minimum atomic E-state index is 1.24. The highest BCUT2D eigenvalue weighted by atomic mass is 127. The van der Waals surface area contributed by atoms with Crippen molar-refractivity contribution in [2.45, 2.75) is 39.0 Å². The van der Waals surface area contributed by atoms with Crippen molar-refractivity contribution < 1.29 is 0 Å². The van der Waals surface area contributed by atoms with E-state index in [4.69, 9.17) is 0 Å². The number of rotatable bonds is 6. The highest BCUT2D eigenvalue weighted by molar-refractivity contribution is 14.1. The van der Waals surface area contributed by atoms with Crippen LogP contribution in [0.2, 0.25) is 0 Å². The number of hydrogen-bond acceptors (Lipinski definition) is 0. The first-order valence-electron chi connectivity index (χ1n) is 4.12. The topological polar surface area (TPSA) is 0 Å². The minimum absolute atomic E-state index is 1.24. The molecule has 0 nitrogen and oxygen atoms in total. The summed E-state index contributed by atoms with van der Waals surface area (Å²) in [5, 5.41) is 0. The molecular formula is C9H17I. The van der Waals surface area contributed by atoms with Crippen LogP contribution >= 0.6 is 22.6 Å². The first-order valence-corrected chi connectivity index (χ1v) is 5.65. The summed E-state index contributed by atoms with van der Waals surface area (Å²) in [7, 11) is 0. The van der Waals surface area contributed by atoms with Gasteiger partial charge >= 0.3 is 0 Å². The molecule has 0 aromatic heterocycles. The number of unbranched alkanes of at least 4 members (excludes halogenated alkanes) is 3. The quantitative estimate of drug-likeness (QED) is 0.290. The van der Waals surface area contributed by atoms with Gasteiger partial charge in [-0.2, -0.15) is 0 Å². The second-order valence-electron chi connectivity index (χ2n) is 2.44. The van der Waals surface area contributed by atoms with Gasteiger partial charge in [0.25, 0.3) is 0 Å². The van der Waals surface area contributed by atoms with Gasteiger partial charge in [-0.05, 0) is 19.3 Å². The van der Waals surface area contributed by atoms with E-state index in [1.54, 1.807) is 0 Å². The molecule has 0 spiro atoms. The summed E-state index contributed by atoms with van der Waals surface area (Å²) in [6, 6.07) is 0. The van der Waals surface area contributed by atoms with E-state index < -0.39 is 0 Å². The van der Waals surface area contributed by atoms with Crippen LogP contribution in [0, 0.1) is 0 Å². The van der Waals surface area contributed by atoms with Gasteiger partial charge in [0.05, 0.1) is 0 Å².